The van der Waals surface area contributed by atoms with E-state index >= 15 is 0 Å². The number of carbonyl (C=O) groups excluding carboxylic acids is 2. The van der Waals surface area contributed by atoms with Gasteiger partial charge in [0.1, 0.15) is 18.4 Å². The maximum absolute atomic E-state index is 13.6. The van der Waals surface area contributed by atoms with E-state index in [-0.39, 0.29) is 24.2 Å². The van der Waals surface area contributed by atoms with Crippen molar-refractivity contribution in [3.05, 3.63) is 65.5 Å². The second-order valence-electron chi connectivity index (χ2n) is 7.06. The molecule has 0 bridgehead atoms. The molecule has 2 aromatic carbocycles. The molecule has 6 heteroatoms. The molecule has 0 N–H and O–H groups in total. The molecule has 1 aliphatic heterocycles. The molecule has 0 aliphatic carbocycles. The van der Waals surface area contributed by atoms with Crippen molar-refractivity contribution in [2.45, 2.75) is 13.0 Å². The summed E-state index contributed by atoms with van der Waals surface area (Å²) in [5.74, 6) is -0.690. The van der Waals surface area contributed by atoms with Gasteiger partial charge in [0.25, 0.3) is 0 Å². The molecule has 1 aliphatic rings. The average molecular weight is 369 g/mol. The summed E-state index contributed by atoms with van der Waals surface area (Å²) in [6.07, 6.45) is 0. The van der Waals surface area contributed by atoms with E-state index in [1.807, 2.05) is 31.2 Å². The third-order valence-electron chi connectivity index (χ3n) is 4.79. The zero-order valence-corrected chi connectivity index (χ0v) is 15.9. The number of benzene rings is 2. The Bertz CT molecular complexity index is 836. The van der Waals surface area contributed by atoms with E-state index in [2.05, 4.69) is 0 Å². The standard InChI is InChI=1S/C21H24FN3O2/c1-15-7-9-18(10-8-15)25-12-11-24(14-19(25)26)21(27)20(23(2)3)16-5-4-6-17(22)13-16/h4-10,13,20H,11-12,14H2,1-3H3/t20-/m1/s1. The van der Waals surface area contributed by atoms with Gasteiger partial charge in [-0.1, -0.05) is 29.8 Å². The van der Waals surface area contributed by atoms with Crippen molar-refractivity contribution in [2.75, 3.05) is 38.6 Å². The minimum Gasteiger partial charge on any atom is -0.330 e. The minimum atomic E-state index is -0.626. The van der Waals surface area contributed by atoms with Gasteiger partial charge in [-0.25, -0.2) is 4.39 Å². The number of hydrogen-bond donors (Lipinski definition) is 0. The van der Waals surface area contributed by atoms with E-state index in [1.165, 1.54) is 12.1 Å². The maximum Gasteiger partial charge on any atom is 0.246 e. The van der Waals surface area contributed by atoms with Crippen LogP contribution in [0.4, 0.5) is 10.1 Å². The summed E-state index contributed by atoms with van der Waals surface area (Å²) in [7, 11) is 3.55. The van der Waals surface area contributed by atoms with E-state index in [4.69, 9.17) is 0 Å². The van der Waals surface area contributed by atoms with Gasteiger partial charge in [0.2, 0.25) is 11.8 Å². The van der Waals surface area contributed by atoms with Crippen LogP contribution in [0.15, 0.2) is 48.5 Å². The van der Waals surface area contributed by atoms with Crippen LogP contribution >= 0.6 is 0 Å². The monoisotopic (exact) mass is 369 g/mol. The molecule has 0 saturated carbocycles. The first-order valence-electron chi connectivity index (χ1n) is 8.94. The number of anilines is 1. The Labute approximate surface area is 159 Å². The number of piperazine rings is 1. The number of rotatable bonds is 4. The van der Waals surface area contributed by atoms with Gasteiger partial charge in [-0.3, -0.25) is 14.5 Å². The Morgan fingerprint density at radius 1 is 1.11 bits per heavy atom. The molecule has 1 fully saturated rings. The van der Waals surface area contributed by atoms with E-state index in [1.54, 1.807) is 40.9 Å². The fourth-order valence-corrected chi connectivity index (χ4v) is 3.37. The van der Waals surface area contributed by atoms with Crippen LogP contribution in [-0.4, -0.2) is 55.3 Å². The predicted octanol–water partition coefficient (Wildman–Crippen LogP) is 2.61. The summed E-state index contributed by atoms with van der Waals surface area (Å²) in [5.41, 5.74) is 2.55. The molecule has 1 atom stereocenters. The number of halogens is 1. The number of nitrogens with zero attached hydrogens (tertiary/aromatic N) is 3. The molecular formula is C21H24FN3O2. The van der Waals surface area contributed by atoms with Gasteiger partial charge in [-0.05, 0) is 50.8 Å². The lowest BCUT2D eigenvalue weighted by Gasteiger charge is -2.37. The maximum atomic E-state index is 13.6. The molecule has 1 saturated heterocycles. The normalized spacial score (nSPS) is 16.0. The topological polar surface area (TPSA) is 43.9 Å². The summed E-state index contributed by atoms with van der Waals surface area (Å²) in [6.45, 7) is 2.90. The summed E-state index contributed by atoms with van der Waals surface area (Å²) in [6, 6.07) is 13.2. The smallest absolute Gasteiger partial charge is 0.246 e. The predicted molar refractivity (Wildman–Crippen MR) is 103 cm³/mol. The Morgan fingerprint density at radius 3 is 2.41 bits per heavy atom. The van der Waals surface area contributed by atoms with Gasteiger partial charge < -0.3 is 9.80 Å². The molecule has 0 radical (unpaired) electrons. The van der Waals surface area contributed by atoms with Crippen LogP contribution in [-0.2, 0) is 9.59 Å². The molecule has 3 rings (SSSR count). The largest absolute Gasteiger partial charge is 0.330 e. The first kappa shape index (κ1) is 19.0. The lowest BCUT2D eigenvalue weighted by molar-refractivity contribution is -0.141. The van der Waals surface area contributed by atoms with Gasteiger partial charge in [-0.2, -0.15) is 0 Å². The lowest BCUT2D eigenvalue weighted by Crippen LogP contribution is -2.54. The van der Waals surface area contributed by atoms with Gasteiger partial charge >= 0.3 is 0 Å². The number of carbonyl (C=O) groups is 2. The van der Waals surface area contributed by atoms with Crippen LogP contribution in [0.3, 0.4) is 0 Å². The summed E-state index contributed by atoms with van der Waals surface area (Å²) in [5, 5.41) is 0. The zero-order chi connectivity index (χ0) is 19.6. The summed E-state index contributed by atoms with van der Waals surface area (Å²) >= 11 is 0. The highest BCUT2D eigenvalue weighted by atomic mass is 19.1. The van der Waals surface area contributed by atoms with E-state index in [9.17, 15) is 14.0 Å². The first-order valence-corrected chi connectivity index (χ1v) is 8.94. The number of amides is 2. The van der Waals surface area contributed by atoms with Crippen molar-refractivity contribution in [3.63, 3.8) is 0 Å². The van der Waals surface area contributed by atoms with E-state index < -0.39 is 6.04 Å². The van der Waals surface area contributed by atoms with Crippen molar-refractivity contribution < 1.29 is 14.0 Å². The van der Waals surface area contributed by atoms with Crippen LogP contribution in [0.25, 0.3) is 0 Å². The number of likely N-dealkylation sites (N-methyl/N-ethyl adjacent to an activating group) is 1. The second kappa shape index (κ2) is 7.88. The van der Waals surface area contributed by atoms with E-state index in [0.29, 0.717) is 18.7 Å². The van der Waals surface area contributed by atoms with E-state index in [0.717, 1.165) is 11.3 Å². The lowest BCUT2D eigenvalue weighted by atomic mass is 10.0. The highest BCUT2D eigenvalue weighted by molar-refractivity contribution is 5.98. The van der Waals surface area contributed by atoms with Crippen LogP contribution in [0.1, 0.15) is 17.2 Å². The summed E-state index contributed by atoms with van der Waals surface area (Å²) < 4.78 is 13.6. The molecule has 1 heterocycles. The zero-order valence-electron chi connectivity index (χ0n) is 15.9. The van der Waals surface area contributed by atoms with Crippen molar-refractivity contribution >= 4 is 17.5 Å². The fraction of sp³-hybridized carbons (Fsp3) is 0.333. The Balaban J connectivity index is 1.76. The SMILES string of the molecule is Cc1ccc(N2CCN(C(=O)[C@@H](c3cccc(F)c3)N(C)C)CC2=O)cc1. The van der Waals surface area contributed by atoms with Gasteiger partial charge in [0, 0.05) is 18.8 Å². The number of hydrogen-bond acceptors (Lipinski definition) is 3. The average Bonchev–Trinajstić information content (AvgIpc) is 2.62. The van der Waals surface area contributed by atoms with Crippen LogP contribution in [0.2, 0.25) is 0 Å². The van der Waals surface area contributed by atoms with Gasteiger partial charge in [0.05, 0.1) is 0 Å². The van der Waals surface area contributed by atoms with Crippen LogP contribution in [0, 0.1) is 12.7 Å². The van der Waals surface area contributed by atoms with Crippen molar-refractivity contribution in [2.24, 2.45) is 0 Å². The quantitative estimate of drug-likeness (QED) is 0.832. The Kier molecular flexibility index (Phi) is 5.56. The van der Waals surface area contributed by atoms with Crippen LogP contribution in [0.5, 0.6) is 0 Å². The first-order chi connectivity index (χ1) is 12.9. The van der Waals surface area contributed by atoms with Crippen molar-refractivity contribution in [3.8, 4) is 0 Å². The molecule has 0 spiro atoms. The third kappa shape index (κ3) is 4.17. The number of aryl methyl sites for hydroxylation is 1. The molecule has 2 aromatic rings. The minimum absolute atomic E-state index is 0.0202. The third-order valence-corrected chi connectivity index (χ3v) is 4.79. The van der Waals surface area contributed by atoms with Crippen LogP contribution < -0.4 is 4.90 Å². The second-order valence-corrected chi connectivity index (χ2v) is 7.06. The molecule has 0 aromatic heterocycles. The molecule has 0 unspecified atom stereocenters. The molecular weight excluding hydrogens is 345 g/mol. The Hall–Kier alpha value is -2.73. The van der Waals surface area contributed by atoms with Gasteiger partial charge in [0.15, 0.2) is 0 Å². The molecule has 142 valence electrons. The van der Waals surface area contributed by atoms with Crippen molar-refractivity contribution in [1.82, 2.24) is 9.80 Å². The summed E-state index contributed by atoms with van der Waals surface area (Å²) in [4.78, 5) is 30.7. The van der Waals surface area contributed by atoms with Crippen molar-refractivity contribution in [1.29, 1.82) is 0 Å². The highest BCUT2D eigenvalue weighted by Crippen LogP contribution is 2.24. The Morgan fingerprint density at radius 2 is 1.81 bits per heavy atom. The van der Waals surface area contributed by atoms with Gasteiger partial charge in [-0.15, -0.1) is 0 Å². The molecule has 5 nitrogen and oxygen atoms in total. The fourth-order valence-electron chi connectivity index (χ4n) is 3.37. The molecule has 2 amide bonds. The molecule has 27 heavy (non-hydrogen) atoms. The highest BCUT2D eigenvalue weighted by Gasteiger charge is 2.33.